The molecule has 1 saturated heterocycles. The molecule has 24 heavy (non-hydrogen) atoms. The van der Waals surface area contributed by atoms with Crippen LogP contribution < -0.4 is 10.2 Å². The van der Waals surface area contributed by atoms with Gasteiger partial charge in [-0.15, -0.1) is 0 Å². The quantitative estimate of drug-likeness (QED) is 0.934. The van der Waals surface area contributed by atoms with Crippen molar-refractivity contribution in [2.45, 2.75) is 19.8 Å². The van der Waals surface area contributed by atoms with Crippen molar-refractivity contribution in [1.82, 2.24) is 0 Å². The van der Waals surface area contributed by atoms with Gasteiger partial charge in [-0.1, -0.05) is 0 Å². The molecule has 3 rings (SSSR count). The van der Waals surface area contributed by atoms with Gasteiger partial charge in [0.15, 0.2) is 0 Å². The Balaban J connectivity index is 1.79. The summed E-state index contributed by atoms with van der Waals surface area (Å²) in [6, 6.07) is 7.94. The van der Waals surface area contributed by atoms with Gasteiger partial charge in [0.05, 0.1) is 5.56 Å². The lowest BCUT2D eigenvalue weighted by Gasteiger charge is -2.19. The topological polar surface area (TPSA) is 49.4 Å². The van der Waals surface area contributed by atoms with E-state index in [-0.39, 0.29) is 11.5 Å². The number of hydrogen-bond donors (Lipinski definition) is 1. The second-order valence-corrected chi connectivity index (χ2v) is 5.73. The molecular formula is C18H16F2N2O2. The fourth-order valence-corrected chi connectivity index (χ4v) is 2.81. The van der Waals surface area contributed by atoms with Gasteiger partial charge in [-0.05, 0) is 49.2 Å². The van der Waals surface area contributed by atoms with Gasteiger partial charge in [-0.3, -0.25) is 9.59 Å². The minimum absolute atomic E-state index is 0.0864. The van der Waals surface area contributed by atoms with E-state index in [1.165, 1.54) is 0 Å². The maximum Gasteiger partial charge on any atom is 0.258 e. The molecule has 0 radical (unpaired) electrons. The van der Waals surface area contributed by atoms with Crippen LogP contribution in [0.4, 0.5) is 20.2 Å². The molecule has 1 aliphatic rings. The van der Waals surface area contributed by atoms with Crippen LogP contribution in [-0.4, -0.2) is 18.4 Å². The highest BCUT2D eigenvalue weighted by molar-refractivity contribution is 6.04. The van der Waals surface area contributed by atoms with Crippen molar-refractivity contribution in [1.29, 1.82) is 0 Å². The molecule has 2 aromatic carbocycles. The fraction of sp³-hybridized carbons (Fsp3) is 0.222. The Kier molecular flexibility index (Phi) is 4.29. The number of nitrogens with zero attached hydrogens (tertiary/aromatic N) is 1. The third-order valence-electron chi connectivity index (χ3n) is 3.99. The Morgan fingerprint density at radius 1 is 1.17 bits per heavy atom. The van der Waals surface area contributed by atoms with Gasteiger partial charge in [0.2, 0.25) is 5.91 Å². The van der Waals surface area contributed by atoms with Gasteiger partial charge in [-0.2, -0.15) is 0 Å². The molecular weight excluding hydrogens is 314 g/mol. The Morgan fingerprint density at radius 2 is 1.96 bits per heavy atom. The molecule has 1 fully saturated rings. The van der Waals surface area contributed by atoms with E-state index in [9.17, 15) is 18.4 Å². The Bertz CT molecular complexity index is 821. The first-order valence-corrected chi connectivity index (χ1v) is 7.63. The SMILES string of the molecule is Cc1cc(NC(=O)c2ccc(F)cc2F)ccc1N1CCCC1=O. The third-order valence-corrected chi connectivity index (χ3v) is 3.99. The maximum absolute atomic E-state index is 13.6. The summed E-state index contributed by atoms with van der Waals surface area (Å²) in [6.45, 7) is 2.53. The van der Waals surface area contributed by atoms with Crippen LogP contribution in [0.1, 0.15) is 28.8 Å². The number of aryl methyl sites for hydroxylation is 1. The number of nitrogens with one attached hydrogen (secondary N) is 1. The monoisotopic (exact) mass is 330 g/mol. The van der Waals surface area contributed by atoms with Crippen molar-refractivity contribution in [3.05, 3.63) is 59.2 Å². The lowest BCUT2D eigenvalue weighted by molar-refractivity contribution is -0.117. The molecule has 1 heterocycles. The minimum atomic E-state index is -0.913. The van der Waals surface area contributed by atoms with Crippen molar-refractivity contribution in [3.63, 3.8) is 0 Å². The second-order valence-electron chi connectivity index (χ2n) is 5.73. The largest absolute Gasteiger partial charge is 0.322 e. The molecule has 124 valence electrons. The average molecular weight is 330 g/mol. The summed E-state index contributed by atoms with van der Waals surface area (Å²) in [5.41, 5.74) is 1.90. The standard InChI is InChI=1S/C18H16F2N2O2/c1-11-9-13(5-7-16(11)22-8-2-3-17(22)23)21-18(24)14-6-4-12(19)10-15(14)20/h4-7,9-10H,2-3,8H2,1H3,(H,21,24). The van der Waals surface area contributed by atoms with Gasteiger partial charge >= 0.3 is 0 Å². The number of benzene rings is 2. The molecule has 0 aliphatic carbocycles. The zero-order valence-electron chi connectivity index (χ0n) is 13.1. The summed E-state index contributed by atoms with van der Waals surface area (Å²) in [5, 5.41) is 2.58. The Labute approximate surface area is 138 Å². The van der Waals surface area contributed by atoms with Crippen LogP contribution in [0.15, 0.2) is 36.4 Å². The van der Waals surface area contributed by atoms with Crippen molar-refractivity contribution in [3.8, 4) is 0 Å². The summed E-state index contributed by atoms with van der Waals surface area (Å²) in [4.78, 5) is 25.7. The van der Waals surface area contributed by atoms with E-state index < -0.39 is 17.5 Å². The molecule has 0 unspecified atom stereocenters. The molecule has 0 spiro atoms. The van der Waals surface area contributed by atoms with Crippen LogP contribution in [0.5, 0.6) is 0 Å². The van der Waals surface area contributed by atoms with Crippen molar-refractivity contribution in [2.24, 2.45) is 0 Å². The Hall–Kier alpha value is -2.76. The van der Waals surface area contributed by atoms with Crippen LogP contribution in [0, 0.1) is 18.6 Å². The predicted octanol–water partition coefficient (Wildman–Crippen LogP) is 3.65. The van der Waals surface area contributed by atoms with E-state index in [0.29, 0.717) is 24.7 Å². The zero-order valence-corrected chi connectivity index (χ0v) is 13.1. The highest BCUT2D eigenvalue weighted by atomic mass is 19.1. The third kappa shape index (κ3) is 3.13. The van der Waals surface area contributed by atoms with Gasteiger partial charge in [0, 0.05) is 30.4 Å². The molecule has 6 heteroatoms. The van der Waals surface area contributed by atoms with Gasteiger partial charge in [0.25, 0.3) is 5.91 Å². The summed E-state index contributed by atoms with van der Waals surface area (Å²) in [6.07, 6.45) is 1.38. The number of halogens is 2. The van der Waals surface area contributed by atoms with E-state index >= 15 is 0 Å². The molecule has 0 atom stereocenters. The average Bonchev–Trinajstić information content (AvgIpc) is 2.93. The van der Waals surface area contributed by atoms with E-state index in [1.54, 1.807) is 23.1 Å². The smallest absolute Gasteiger partial charge is 0.258 e. The van der Waals surface area contributed by atoms with Gasteiger partial charge in [0.1, 0.15) is 11.6 Å². The lowest BCUT2D eigenvalue weighted by Crippen LogP contribution is -2.24. The molecule has 0 bridgehead atoms. The molecule has 2 aromatic rings. The number of anilines is 2. The van der Waals surface area contributed by atoms with E-state index in [0.717, 1.165) is 29.8 Å². The van der Waals surface area contributed by atoms with Crippen LogP contribution in [0.3, 0.4) is 0 Å². The molecule has 0 saturated carbocycles. The molecule has 0 aromatic heterocycles. The first-order valence-electron chi connectivity index (χ1n) is 7.63. The van der Waals surface area contributed by atoms with Gasteiger partial charge in [-0.25, -0.2) is 8.78 Å². The highest BCUT2D eigenvalue weighted by Crippen LogP contribution is 2.27. The predicted molar refractivity (Wildman–Crippen MR) is 87.1 cm³/mol. The first-order chi connectivity index (χ1) is 11.5. The number of carbonyl (C=O) groups is 2. The van der Waals surface area contributed by atoms with Crippen LogP contribution in [0.2, 0.25) is 0 Å². The zero-order chi connectivity index (χ0) is 17.3. The van der Waals surface area contributed by atoms with Crippen molar-refractivity contribution in [2.75, 3.05) is 16.8 Å². The highest BCUT2D eigenvalue weighted by Gasteiger charge is 2.23. The number of amides is 2. The first kappa shape index (κ1) is 16.1. The fourth-order valence-electron chi connectivity index (χ4n) is 2.81. The van der Waals surface area contributed by atoms with Crippen LogP contribution in [0.25, 0.3) is 0 Å². The van der Waals surface area contributed by atoms with Crippen LogP contribution >= 0.6 is 0 Å². The summed E-state index contributed by atoms with van der Waals surface area (Å²) >= 11 is 0. The maximum atomic E-state index is 13.6. The summed E-state index contributed by atoms with van der Waals surface area (Å²) < 4.78 is 26.6. The lowest BCUT2D eigenvalue weighted by atomic mass is 10.1. The van der Waals surface area contributed by atoms with Crippen molar-refractivity contribution >= 4 is 23.2 Å². The normalized spacial score (nSPS) is 14.1. The van der Waals surface area contributed by atoms with Crippen LogP contribution in [-0.2, 0) is 4.79 Å². The number of hydrogen-bond acceptors (Lipinski definition) is 2. The van der Waals surface area contributed by atoms with E-state index in [4.69, 9.17) is 0 Å². The molecule has 2 amide bonds. The number of carbonyl (C=O) groups excluding carboxylic acids is 2. The summed E-state index contributed by atoms with van der Waals surface area (Å²) in [5.74, 6) is -2.22. The van der Waals surface area contributed by atoms with E-state index in [2.05, 4.69) is 5.32 Å². The molecule has 1 N–H and O–H groups in total. The van der Waals surface area contributed by atoms with E-state index in [1.807, 2.05) is 6.92 Å². The van der Waals surface area contributed by atoms with Crippen molar-refractivity contribution < 1.29 is 18.4 Å². The molecule has 4 nitrogen and oxygen atoms in total. The molecule has 1 aliphatic heterocycles. The second kappa shape index (κ2) is 6.39. The number of rotatable bonds is 3. The summed E-state index contributed by atoms with van der Waals surface area (Å²) in [7, 11) is 0. The minimum Gasteiger partial charge on any atom is -0.322 e. The van der Waals surface area contributed by atoms with Gasteiger partial charge < -0.3 is 10.2 Å². The Morgan fingerprint density at radius 3 is 2.58 bits per heavy atom.